The number of hydrazone groups is 1. The minimum atomic E-state index is -0.557. The number of aliphatic hydroxyl groups excluding tert-OH is 2. The molecule has 1 heterocycles. The first-order valence-corrected chi connectivity index (χ1v) is 12.2. The Morgan fingerprint density at radius 2 is 1.75 bits per heavy atom. The van der Waals surface area contributed by atoms with Crippen LogP contribution in [0.4, 0.5) is 9.39 Å². The number of hydrogen-bond acceptors (Lipinski definition) is 7. The van der Waals surface area contributed by atoms with Crippen LogP contribution < -0.4 is 10.7 Å². The van der Waals surface area contributed by atoms with E-state index in [1.807, 2.05) is 11.0 Å². The van der Waals surface area contributed by atoms with Gasteiger partial charge in [-0.1, -0.05) is 24.3 Å². The van der Waals surface area contributed by atoms with Crippen molar-refractivity contribution in [2.75, 3.05) is 18.4 Å². The Labute approximate surface area is 213 Å². The zero-order valence-electron chi connectivity index (χ0n) is 20.0. The van der Waals surface area contributed by atoms with Crippen LogP contribution in [0.3, 0.4) is 0 Å². The van der Waals surface area contributed by atoms with E-state index < -0.39 is 18.1 Å². The maximum atomic E-state index is 13.0. The largest absolute Gasteiger partial charge is 0.392 e. The number of thiophene rings is 1. The fourth-order valence-electron chi connectivity index (χ4n) is 3.55. The topological polar surface area (TPSA) is 114 Å². The molecule has 2 aromatic carbocycles. The third kappa shape index (κ3) is 8.35. The molecule has 0 radical (unpaired) electrons. The molecule has 190 valence electrons. The minimum Gasteiger partial charge on any atom is -0.392 e. The molecular weight excluding hydrogens is 483 g/mol. The van der Waals surface area contributed by atoms with Crippen LogP contribution in [0.25, 0.3) is 0 Å². The van der Waals surface area contributed by atoms with Gasteiger partial charge in [-0.15, -0.1) is 11.3 Å². The number of carbonyl (C=O) groups is 2. The number of rotatable bonds is 11. The fraction of sp³-hybridized carbons (Fsp3) is 0.269. The summed E-state index contributed by atoms with van der Waals surface area (Å²) in [6, 6.07) is 14.3. The van der Waals surface area contributed by atoms with Crippen LogP contribution in [0.15, 0.2) is 65.1 Å². The molecule has 3 aromatic rings. The Kier molecular flexibility index (Phi) is 9.83. The van der Waals surface area contributed by atoms with Gasteiger partial charge in [0.1, 0.15) is 10.8 Å². The standard InChI is InChI=1S/C26H29FN4O4S/c1-17(32)14-31(15-18(2)33)16-20-4-3-5-21(12-20)24(34)29-26-23(10-11-36-26)25(35)30-28-13-19-6-8-22(27)9-7-19/h3-13,17-18,32-33H,14-16H2,1-2H3,(H,29,34)(H,30,35). The van der Waals surface area contributed by atoms with Crippen LogP contribution in [-0.4, -0.2) is 58.4 Å². The molecule has 2 unspecified atom stereocenters. The average molecular weight is 513 g/mol. The predicted molar refractivity (Wildman–Crippen MR) is 139 cm³/mol. The van der Waals surface area contributed by atoms with Gasteiger partial charge in [0.25, 0.3) is 11.8 Å². The zero-order chi connectivity index (χ0) is 26.1. The lowest BCUT2D eigenvalue weighted by molar-refractivity contribution is 0.0793. The summed E-state index contributed by atoms with van der Waals surface area (Å²) < 4.78 is 13.0. The van der Waals surface area contributed by atoms with Crippen LogP contribution in [0.5, 0.6) is 0 Å². The smallest absolute Gasteiger partial charge is 0.274 e. The maximum absolute atomic E-state index is 13.0. The highest BCUT2D eigenvalue weighted by molar-refractivity contribution is 7.14. The lowest BCUT2D eigenvalue weighted by atomic mass is 10.1. The van der Waals surface area contributed by atoms with Gasteiger partial charge < -0.3 is 15.5 Å². The van der Waals surface area contributed by atoms with Gasteiger partial charge >= 0.3 is 0 Å². The second-order valence-corrected chi connectivity index (χ2v) is 9.38. The number of aliphatic hydroxyl groups is 2. The summed E-state index contributed by atoms with van der Waals surface area (Å²) in [6.45, 7) is 4.59. The van der Waals surface area contributed by atoms with E-state index in [0.29, 0.717) is 35.8 Å². The molecule has 0 aliphatic rings. The van der Waals surface area contributed by atoms with Gasteiger partial charge in [-0.05, 0) is 60.7 Å². The van der Waals surface area contributed by atoms with Crippen LogP contribution in [-0.2, 0) is 6.54 Å². The summed E-state index contributed by atoms with van der Waals surface area (Å²) in [5, 5.41) is 28.2. The van der Waals surface area contributed by atoms with E-state index in [-0.39, 0.29) is 17.3 Å². The van der Waals surface area contributed by atoms with E-state index in [0.717, 1.165) is 5.56 Å². The number of amides is 2. The molecular formula is C26H29FN4O4S. The van der Waals surface area contributed by atoms with Crippen molar-refractivity contribution in [3.05, 3.63) is 88.0 Å². The van der Waals surface area contributed by atoms with Crippen molar-refractivity contribution >= 4 is 34.4 Å². The molecule has 3 rings (SSSR count). The first kappa shape index (κ1) is 27.2. The summed E-state index contributed by atoms with van der Waals surface area (Å²) in [5.74, 6) is -1.23. The molecule has 0 bridgehead atoms. The molecule has 0 saturated heterocycles. The van der Waals surface area contributed by atoms with Gasteiger partial charge in [0.15, 0.2) is 0 Å². The third-order valence-corrected chi connectivity index (χ3v) is 5.86. The lowest BCUT2D eigenvalue weighted by Crippen LogP contribution is -2.35. The van der Waals surface area contributed by atoms with Crippen molar-refractivity contribution in [1.82, 2.24) is 10.3 Å². The molecule has 0 fully saturated rings. The Hall–Kier alpha value is -3.44. The van der Waals surface area contributed by atoms with Crippen LogP contribution in [0, 0.1) is 5.82 Å². The van der Waals surface area contributed by atoms with Crippen molar-refractivity contribution in [3.63, 3.8) is 0 Å². The summed E-state index contributed by atoms with van der Waals surface area (Å²) in [6.07, 6.45) is 0.281. The quantitative estimate of drug-likeness (QED) is 0.232. The van der Waals surface area contributed by atoms with Crippen molar-refractivity contribution in [2.24, 2.45) is 5.10 Å². The Bertz CT molecular complexity index is 1180. The minimum absolute atomic E-state index is 0.265. The number of hydrogen-bond donors (Lipinski definition) is 4. The summed E-state index contributed by atoms with van der Waals surface area (Å²) in [7, 11) is 0. The van der Waals surface area contributed by atoms with Crippen LogP contribution in [0.1, 0.15) is 45.7 Å². The summed E-state index contributed by atoms with van der Waals surface area (Å²) >= 11 is 1.21. The van der Waals surface area contributed by atoms with Gasteiger partial charge in [-0.3, -0.25) is 14.5 Å². The maximum Gasteiger partial charge on any atom is 0.274 e. The van der Waals surface area contributed by atoms with E-state index in [4.69, 9.17) is 0 Å². The number of nitrogens with one attached hydrogen (secondary N) is 2. The molecule has 0 spiro atoms. The van der Waals surface area contributed by atoms with Gasteiger partial charge in [0.05, 0.1) is 24.0 Å². The first-order chi connectivity index (χ1) is 17.2. The van der Waals surface area contributed by atoms with E-state index in [1.54, 1.807) is 43.5 Å². The van der Waals surface area contributed by atoms with Gasteiger partial charge in [0.2, 0.25) is 0 Å². The second kappa shape index (κ2) is 13.0. The van der Waals surface area contributed by atoms with Gasteiger partial charge in [-0.25, -0.2) is 9.82 Å². The molecule has 36 heavy (non-hydrogen) atoms. The van der Waals surface area contributed by atoms with Crippen molar-refractivity contribution in [3.8, 4) is 0 Å². The third-order valence-electron chi connectivity index (χ3n) is 5.03. The highest BCUT2D eigenvalue weighted by Crippen LogP contribution is 2.24. The molecule has 2 atom stereocenters. The number of benzene rings is 2. The summed E-state index contributed by atoms with van der Waals surface area (Å²) in [4.78, 5) is 27.4. The predicted octanol–water partition coefficient (Wildman–Crippen LogP) is 3.47. The Balaban J connectivity index is 1.64. The van der Waals surface area contributed by atoms with Crippen molar-refractivity contribution < 1.29 is 24.2 Å². The first-order valence-electron chi connectivity index (χ1n) is 11.4. The van der Waals surface area contributed by atoms with Crippen molar-refractivity contribution in [2.45, 2.75) is 32.6 Å². The molecule has 2 amide bonds. The molecule has 4 N–H and O–H groups in total. The second-order valence-electron chi connectivity index (χ2n) is 8.46. The SMILES string of the molecule is CC(O)CN(Cc1cccc(C(=O)Nc2sccc2C(=O)NN=Cc2ccc(F)cc2)c1)CC(C)O. The summed E-state index contributed by atoms with van der Waals surface area (Å²) in [5.41, 5.74) is 4.56. The normalized spacial score (nSPS) is 13.1. The molecule has 1 aromatic heterocycles. The molecule has 8 nitrogen and oxygen atoms in total. The number of carbonyl (C=O) groups excluding carboxylic acids is 2. The average Bonchev–Trinajstić information content (AvgIpc) is 3.28. The van der Waals surface area contributed by atoms with E-state index >= 15 is 0 Å². The Morgan fingerprint density at radius 1 is 1.06 bits per heavy atom. The van der Waals surface area contributed by atoms with Crippen molar-refractivity contribution in [1.29, 1.82) is 0 Å². The molecule has 0 aliphatic carbocycles. The number of anilines is 1. The highest BCUT2D eigenvalue weighted by Gasteiger charge is 2.17. The lowest BCUT2D eigenvalue weighted by Gasteiger charge is -2.25. The zero-order valence-corrected chi connectivity index (χ0v) is 20.8. The molecule has 10 heteroatoms. The van der Waals surface area contributed by atoms with E-state index in [2.05, 4.69) is 15.8 Å². The van der Waals surface area contributed by atoms with Gasteiger partial charge in [0, 0.05) is 25.2 Å². The number of nitrogens with zero attached hydrogens (tertiary/aromatic N) is 2. The van der Waals surface area contributed by atoms with E-state index in [1.165, 1.54) is 41.8 Å². The fourth-order valence-corrected chi connectivity index (χ4v) is 4.33. The number of halogens is 1. The highest BCUT2D eigenvalue weighted by atomic mass is 32.1. The van der Waals surface area contributed by atoms with E-state index in [9.17, 15) is 24.2 Å². The van der Waals surface area contributed by atoms with Crippen LogP contribution >= 0.6 is 11.3 Å². The monoisotopic (exact) mass is 512 g/mol. The van der Waals surface area contributed by atoms with Crippen LogP contribution in [0.2, 0.25) is 0 Å². The molecule has 0 saturated carbocycles. The van der Waals surface area contributed by atoms with Gasteiger partial charge in [-0.2, -0.15) is 5.10 Å². The molecule has 0 aliphatic heterocycles. The Morgan fingerprint density at radius 3 is 2.42 bits per heavy atom.